The molecule has 0 atom stereocenters. The molecule has 3 rings (SSSR count). The molecule has 0 saturated carbocycles. The van der Waals surface area contributed by atoms with Crippen LogP contribution in [0.5, 0.6) is 0 Å². The Morgan fingerprint density at radius 3 is 3.05 bits per heavy atom. The van der Waals surface area contributed by atoms with Gasteiger partial charge in [-0.15, -0.1) is 0 Å². The second-order valence-corrected chi connectivity index (χ2v) is 4.76. The molecule has 2 aromatic rings. The van der Waals surface area contributed by atoms with Crippen LogP contribution in [-0.4, -0.2) is 28.6 Å². The predicted molar refractivity (Wildman–Crippen MR) is 77.5 cm³/mol. The van der Waals surface area contributed by atoms with Crippen molar-refractivity contribution >= 4 is 5.82 Å². The average molecular weight is 270 g/mol. The van der Waals surface area contributed by atoms with Crippen molar-refractivity contribution in [3.8, 4) is 11.4 Å². The number of fused-ring (bicyclic) bond motifs is 1. The van der Waals surface area contributed by atoms with E-state index in [1.807, 2.05) is 19.3 Å². The molecule has 0 spiro atoms. The molecule has 0 aromatic carbocycles. The van der Waals surface area contributed by atoms with E-state index in [1.54, 1.807) is 6.20 Å². The molecular formula is C15H18N4O. The van der Waals surface area contributed by atoms with Gasteiger partial charge in [0.05, 0.1) is 18.9 Å². The lowest BCUT2D eigenvalue weighted by atomic mass is 10.1. The van der Waals surface area contributed by atoms with Gasteiger partial charge in [-0.2, -0.15) is 0 Å². The predicted octanol–water partition coefficient (Wildman–Crippen LogP) is 2.22. The fourth-order valence-corrected chi connectivity index (χ4v) is 2.49. The van der Waals surface area contributed by atoms with Crippen molar-refractivity contribution in [1.82, 2.24) is 15.0 Å². The summed E-state index contributed by atoms with van der Waals surface area (Å²) in [5.74, 6) is 1.64. The lowest BCUT2D eigenvalue weighted by Gasteiger charge is -2.19. The van der Waals surface area contributed by atoms with Crippen LogP contribution in [0, 0.1) is 0 Å². The van der Waals surface area contributed by atoms with E-state index in [9.17, 15) is 0 Å². The summed E-state index contributed by atoms with van der Waals surface area (Å²) in [6, 6.07) is 1.99. The molecule has 5 heteroatoms. The van der Waals surface area contributed by atoms with Crippen molar-refractivity contribution in [3.05, 3.63) is 35.3 Å². The van der Waals surface area contributed by atoms with E-state index in [0.29, 0.717) is 6.61 Å². The van der Waals surface area contributed by atoms with E-state index in [4.69, 9.17) is 9.72 Å². The molecule has 104 valence electrons. The summed E-state index contributed by atoms with van der Waals surface area (Å²) in [6.07, 6.45) is 5.44. The fraction of sp³-hybridized carbons (Fsp3) is 0.400. The van der Waals surface area contributed by atoms with Crippen LogP contribution in [0.4, 0.5) is 5.82 Å². The minimum Gasteiger partial charge on any atom is -0.376 e. The zero-order valence-electron chi connectivity index (χ0n) is 11.8. The molecular weight excluding hydrogens is 252 g/mol. The standard InChI is InChI=1S/C15H18N4O/c1-3-10-8-17-6-4-11(10)15-18-13-5-7-20-9-12(13)14(16-2)19-15/h4,6,8H,3,5,7,9H2,1-2H3,(H,16,18,19). The number of ether oxygens (including phenoxy) is 1. The first-order valence-corrected chi connectivity index (χ1v) is 6.92. The van der Waals surface area contributed by atoms with Gasteiger partial charge in [0, 0.05) is 37.0 Å². The number of hydrogen-bond acceptors (Lipinski definition) is 5. The van der Waals surface area contributed by atoms with Crippen LogP contribution in [0.15, 0.2) is 18.5 Å². The summed E-state index contributed by atoms with van der Waals surface area (Å²) in [5.41, 5.74) is 4.40. The number of rotatable bonds is 3. The van der Waals surface area contributed by atoms with E-state index in [0.717, 1.165) is 47.9 Å². The van der Waals surface area contributed by atoms with E-state index < -0.39 is 0 Å². The second kappa shape index (κ2) is 5.54. The Kier molecular flexibility index (Phi) is 3.60. The number of nitrogens with zero attached hydrogens (tertiary/aromatic N) is 3. The molecule has 0 radical (unpaired) electrons. The Morgan fingerprint density at radius 2 is 2.25 bits per heavy atom. The van der Waals surface area contributed by atoms with Crippen molar-refractivity contribution in [2.24, 2.45) is 0 Å². The van der Waals surface area contributed by atoms with Gasteiger partial charge >= 0.3 is 0 Å². The number of nitrogens with one attached hydrogen (secondary N) is 1. The Labute approximate surface area is 118 Å². The van der Waals surface area contributed by atoms with Crippen molar-refractivity contribution in [1.29, 1.82) is 0 Å². The third-order valence-electron chi connectivity index (χ3n) is 3.58. The number of anilines is 1. The third kappa shape index (κ3) is 2.25. The van der Waals surface area contributed by atoms with Gasteiger partial charge in [0.2, 0.25) is 0 Å². The Bertz CT molecular complexity index is 610. The highest BCUT2D eigenvalue weighted by Crippen LogP contribution is 2.27. The molecule has 0 amide bonds. The van der Waals surface area contributed by atoms with Gasteiger partial charge in [0.15, 0.2) is 5.82 Å². The second-order valence-electron chi connectivity index (χ2n) is 4.76. The summed E-state index contributed by atoms with van der Waals surface area (Å²) in [4.78, 5) is 13.6. The van der Waals surface area contributed by atoms with E-state index in [2.05, 4.69) is 22.2 Å². The Morgan fingerprint density at radius 1 is 1.35 bits per heavy atom. The quantitative estimate of drug-likeness (QED) is 0.926. The average Bonchev–Trinajstić information content (AvgIpc) is 2.53. The first kappa shape index (κ1) is 13.0. The maximum absolute atomic E-state index is 5.50. The minimum absolute atomic E-state index is 0.586. The summed E-state index contributed by atoms with van der Waals surface area (Å²) in [7, 11) is 1.88. The molecule has 1 aliphatic rings. The van der Waals surface area contributed by atoms with Gasteiger partial charge in [0.1, 0.15) is 5.82 Å². The number of pyridine rings is 1. The van der Waals surface area contributed by atoms with Gasteiger partial charge in [-0.1, -0.05) is 6.92 Å². The fourth-order valence-electron chi connectivity index (χ4n) is 2.49. The normalized spacial score (nSPS) is 13.9. The lowest BCUT2D eigenvalue weighted by Crippen LogP contribution is -2.16. The lowest BCUT2D eigenvalue weighted by molar-refractivity contribution is 0.109. The van der Waals surface area contributed by atoms with E-state index >= 15 is 0 Å². The molecule has 0 bridgehead atoms. The molecule has 0 unspecified atom stereocenters. The maximum atomic E-state index is 5.50. The molecule has 0 fully saturated rings. The first-order valence-electron chi connectivity index (χ1n) is 6.92. The van der Waals surface area contributed by atoms with Gasteiger partial charge in [-0.3, -0.25) is 4.98 Å². The molecule has 3 heterocycles. The van der Waals surface area contributed by atoms with Crippen LogP contribution < -0.4 is 5.32 Å². The number of aromatic nitrogens is 3. The first-order chi connectivity index (χ1) is 9.83. The zero-order chi connectivity index (χ0) is 13.9. The maximum Gasteiger partial charge on any atom is 0.162 e. The highest BCUT2D eigenvalue weighted by molar-refractivity contribution is 5.63. The summed E-state index contributed by atoms with van der Waals surface area (Å²) in [5, 5.41) is 3.16. The van der Waals surface area contributed by atoms with Crippen molar-refractivity contribution < 1.29 is 4.74 Å². The van der Waals surface area contributed by atoms with Crippen molar-refractivity contribution in [3.63, 3.8) is 0 Å². The minimum atomic E-state index is 0.586. The summed E-state index contributed by atoms with van der Waals surface area (Å²) >= 11 is 0. The molecule has 1 aliphatic heterocycles. The van der Waals surface area contributed by atoms with Crippen molar-refractivity contribution in [2.45, 2.75) is 26.4 Å². The van der Waals surface area contributed by atoms with Gasteiger partial charge in [0.25, 0.3) is 0 Å². The van der Waals surface area contributed by atoms with Crippen LogP contribution in [0.25, 0.3) is 11.4 Å². The number of aryl methyl sites for hydroxylation is 1. The van der Waals surface area contributed by atoms with Crippen LogP contribution in [0.2, 0.25) is 0 Å². The van der Waals surface area contributed by atoms with Crippen LogP contribution in [0.1, 0.15) is 23.7 Å². The van der Waals surface area contributed by atoms with Crippen LogP contribution in [-0.2, 0) is 24.2 Å². The van der Waals surface area contributed by atoms with Crippen LogP contribution >= 0.6 is 0 Å². The topological polar surface area (TPSA) is 59.9 Å². The third-order valence-corrected chi connectivity index (χ3v) is 3.58. The smallest absolute Gasteiger partial charge is 0.162 e. The van der Waals surface area contributed by atoms with Crippen LogP contribution in [0.3, 0.4) is 0 Å². The Balaban J connectivity index is 2.14. The largest absolute Gasteiger partial charge is 0.376 e. The van der Waals surface area contributed by atoms with Gasteiger partial charge < -0.3 is 10.1 Å². The van der Waals surface area contributed by atoms with E-state index in [1.165, 1.54) is 5.56 Å². The van der Waals surface area contributed by atoms with E-state index in [-0.39, 0.29) is 0 Å². The SMILES string of the molecule is CCc1cnccc1-c1nc2c(c(NC)n1)COCC2. The molecule has 2 aromatic heterocycles. The van der Waals surface area contributed by atoms with Crippen molar-refractivity contribution in [2.75, 3.05) is 19.0 Å². The molecule has 0 saturated heterocycles. The highest BCUT2D eigenvalue weighted by atomic mass is 16.5. The molecule has 1 N–H and O–H groups in total. The molecule has 20 heavy (non-hydrogen) atoms. The molecule has 0 aliphatic carbocycles. The monoisotopic (exact) mass is 270 g/mol. The Hall–Kier alpha value is -2.01. The number of hydrogen-bond donors (Lipinski definition) is 1. The summed E-state index contributed by atoms with van der Waals surface area (Å²) < 4.78 is 5.50. The summed E-state index contributed by atoms with van der Waals surface area (Å²) in [6.45, 7) is 3.43. The molecule has 5 nitrogen and oxygen atoms in total. The highest BCUT2D eigenvalue weighted by Gasteiger charge is 2.19. The van der Waals surface area contributed by atoms with Gasteiger partial charge in [-0.05, 0) is 18.1 Å². The van der Waals surface area contributed by atoms with Gasteiger partial charge in [-0.25, -0.2) is 9.97 Å². The zero-order valence-corrected chi connectivity index (χ0v) is 11.8.